The third kappa shape index (κ3) is 1.56. The van der Waals surface area contributed by atoms with E-state index in [0.29, 0.717) is 18.8 Å². The molecule has 1 aromatic carbocycles. The van der Waals surface area contributed by atoms with Crippen molar-refractivity contribution in [3.63, 3.8) is 0 Å². The fourth-order valence-electron chi connectivity index (χ4n) is 2.33. The van der Waals surface area contributed by atoms with E-state index in [2.05, 4.69) is 10.3 Å². The maximum absolute atomic E-state index is 11.7. The highest BCUT2D eigenvalue weighted by Gasteiger charge is 2.21. The summed E-state index contributed by atoms with van der Waals surface area (Å²) in [6.07, 6.45) is 0.872. The minimum Gasteiger partial charge on any atom is -0.494 e. The fourth-order valence-corrected chi connectivity index (χ4v) is 2.33. The Morgan fingerprint density at radius 1 is 1.41 bits per heavy atom. The van der Waals surface area contributed by atoms with Crippen molar-refractivity contribution in [2.75, 3.05) is 13.2 Å². The Labute approximate surface area is 99.0 Å². The number of hydrogen-bond donors (Lipinski definition) is 2. The first-order valence-corrected chi connectivity index (χ1v) is 5.85. The predicted molar refractivity (Wildman–Crippen MR) is 65.5 cm³/mol. The van der Waals surface area contributed by atoms with Gasteiger partial charge in [-0.2, -0.15) is 0 Å². The van der Waals surface area contributed by atoms with Crippen LogP contribution in [0.2, 0.25) is 0 Å². The lowest BCUT2D eigenvalue weighted by Gasteiger charge is -2.12. The van der Waals surface area contributed by atoms with E-state index in [1.165, 1.54) is 0 Å². The molecule has 3 rings (SSSR count). The number of ether oxygens (including phenoxy) is 1. The smallest absolute Gasteiger partial charge is 0.268 e. The Morgan fingerprint density at radius 2 is 2.29 bits per heavy atom. The Bertz CT molecular complexity index is 586. The minimum atomic E-state index is -0.0135. The van der Waals surface area contributed by atoms with Crippen LogP contribution in [0.4, 0.5) is 0 Å². The molecular weight excluding hydrogens is 216 g/mol. The molecule has 0 bridgehead atoms. The fraction of sp³-hybridized carbons (Fsp3) is 0.308. The SMILES string of the molecule is CCOc1ccc2[nH]c3c(c2c1)CCNC3=O. The molecule has 88 valence electrons. The van der Waals surface area contributed by atoms with E-state index >= 15 is 0 Å². The number of fused-ring (bicyclic) bond motifs is 3. The van der Waals surface area contributed by atoms with Gasteiger partial charge in [0, 0.05) is 17.4 Å². The highest BCUT2D eigenvalue weighted by atomic mass is 16.5. The Balaban J connectivity index is 2.18. The molecule has 0 fully saturated rings. The average Bonchev–Trinajstić information content (AvgIpc) is 2.70. The highest BCUT2D eigenvalue weighted by Crippen LogP contribution is 2.28. The first kappa shape index (κ1) is 10.2. The van der Waals surface area contributed by atoms with Gasteiger partial charge in [0.05, 0.1) is 6.61 Å². The number of carbonyl (C=O) groups is 1. The van der Waals surface area contributed by atoms with Gasteiger partial charge in [0.25, 0.3) is 5.91 Å². The van der Waals surface area contributed by atoms with E-state index in [4.69, 9.17) is 4.74 Å². The van der Waals surface area contributed by atoms with Gasteiger partial charge in [-0.05, 0) is 37.1 Å². The lowest BCUT2D eigenvalue weighted by Crippen LogP contribution is -2.31. The monoisotopic (exact) mass is 230 g/mol. The van der Waals surface area contributed by atoms with Crippen LogP contribution in [0.1, 0.15) is 23.0 Å². The summed E-state index contributed by atoms with van der Waals surface area (Å²) in [5.74, 6) is 0.841. The second-order valence-corrected chi connectivity index (χ2v) is 4.12. The van der Waals surface area contributed by atoms with E-state index in [1.54, 1.807) is 0 Å². The molecule has 2 heterocycles. The molecular formula is C13H14N2O2. The summed E-state index contributed by atoms with van der Waals surface area (Å²) < 4.78 is 5.49. The second kappa shape index (κ2) is 3.80. The maximum atomic E-state index is 11.7. The highest BCUT2D eigenvalue weighted by molar-refractivity contribution is 6.02. The second-order valence-electron chi connectivity index (χ2n) is 4.12. The lowest BCUT2D eigenvalue weighted by atomic mass is 10.0. The van der Waals surface area contributed by atoms with Crippen molar-refractivity contribution < 1.29 is 9.53 Å². The van der Waals surface area contributed by atoms with Gasteiger partial charge in [-0.1, -0.05) is 0 Å². The third-order valence-corrected chi connectivity index (χ3v) is 3.08. The Morgan fingerprint density at radius 3 is 3.12 bits per heavy atom. The molecule has 2 N–H and O–H groups in total. The first-order chi connectivity index (χ1) is 8.29. The number of aromatic nitrogens is 1. The molecule has 1 aromatic heterocycles. The van der Waals surface area contributed by atoms with E-state index in [1.807, 2.05) is 25.1 Å². The van der Waals surface area contributed by atoms with Gasteiger partial charge in [-0.3, -0.25) is 4.79 Å². The van der Waals surface area contributed by atoms with Crippen LogP contribution >= 0.6 is 0 Å². The van der Waals surface area contributed by atoms with Crippen LogP contribution in [-0.4, -0.2) is 24.0 Å². The molecule has 0 aliphatic carbocycles. The molecule has 1 amide bonds. The van der Waals surface area contributed by atoms with Crippen molar-refractivity contribution >= 4 is 16.8 Å². The number of H-pyrrole nitrogens is 1. The van der Waals surface area contributed by atoms with Crippen LogP contribution < -0.4 is 10.1 Å². The maximum Gasteiger partial charge on any atom is 0.268 e. The van der Waals surface area contributed by atoms with Crippen molar-refractivity contribution in [3.8, 4) is 5.75 Å². The summed E-state index contributed by atoms with van der Waals surface area (Å²) in [4.78, 5) is 14.9. The average molecular weight is 230 g/mol. The number of amides is 1. The van der Waals surface area contributed by atoms with Gasteiger partial charge in [0.2, 0.25) is 0 Å². The molecule has 0 unspecified atom stereocenters. The van der Waals surface area contributed by atoms with Crippen LogP contribution in [0.15, 0.2) is 18.2 Å². The zero-order chi connectivity index (χ0) is 11.8. The van der Waals surface area contributed by atoms with E-state index < -0.39 is 0 Å². The molecule has 0 radical (unpaired) electrons. The number of rotatable bonds is 2. The van der Waals surface area contributed by atoms with Crippen LogP contribution in [0.5, 0.6) is 5.75 Å². The topological polar surface area (TPSA) is 54.1 Å². The summed E-state index contributed by atoms with van der Waals surface area (Å²) in [6, 6.07) is 5.89. The summed E-state index contributed by atoms with van der Waals surface area (Å²) in [7, 11) is 0. The quantitative estimate of drug-likeness (QED) is 0.827. The molecule has 4 nitrogen and oxygen atoms in total. The predicted octanol–water partition coefficient (Wildman–Crippen LogP) is 1.85. The van der Waals surface area contributed by atoms with Gasteiger partial charge >= 0.3 is 0 Å². The number of carbonyl (C=O) groups excluding carboxylic acids is 1. The van der Waals surface area contributed by atoms with Crippen LogP contribution in [0.3, 0.4) is 0 Å². The van der Waals surface area contributed by atoms with Crippen LogP contribution in [-0.2, 0) is 6.42 Å². The molecule has 2 aromatic rings. The number of hydrogen-bond acceptors (Lipinski definition) is 2. The first-order valence-electron chi connectivity index (χ1n) is 5.85. The molecule has 0 spiro atoms. The zero-order valence-electron chi connectivity index (χ0n) is 9.67. The van der Waals surface area contributed by atoms with Crippen LogP contribution in [0.25, 0.3) is 10.9 Å². The van der Waals surface area contributed by atoms with E-state index in [9.17, 15) is 4.79 Å². The minimum absolute atomic E-state index is 0.0135. The molecule has 4 heteroatoms. The van der Waals surface area contributed by atoms with Gasteiger partial charge in [-0.25, -0.2) is 0 Å². The van der Waals surface area contributed by atoms with Gasteiger partial charge < -0.3 is 15.0 Å². The molecule has 0 saturated carbocycles. The van der Waals surface area contributed by atoms with E-state index in [0.717, 1.165) is 28.6 Å². The van der Waals surface area contributed by atoms with Gasteiger partial charge in [0.1, 0.15) is 11.4 Å². The normalized spacial score (nSPS) is 14.5. The summed E-state index contributed by atoms with van der Waals surface area (Å²) in [5.41, 5.74) is 2.79. The van der Waals surface area contributed by atoms with Crippen LogP contribution in [0, 0.1) is 0 Å². The van der Waals surface area contributed by atoms with Crippen molar-refractivity contribution in [1.29, 1.82) is 0 Å². The largest absolute Gasteiger partial charge is 0.494 e. The Hall–Kier alpha value is -1.97. The summed E-state index contributed by atoms with van der Waals surface area (Å²) in [6.45, 7) is 3.32. The zero-order valence-corrected chi connectivity index (χ0v) is 9.67. The third-order valence-electron chi connectivity index (χ3n) is 3.08. The van der Waals surface area contributed by atoms with Crippen molar-refractivity contribution in [2.24, 2.45) is 0 Å². The summed E-state index contributed by atoms with van der Waals surface area (Å²) >= 11 is 0. The molecule has 17 heavy (non-hydrogen) atoms. The standard InChI is InChI=1S/C13H14N2O2/c1-2-17-8-3-4-11-10(7-8)9-5-6-14-13(16)12(9)15-11/h3-4,7,15H,2,5-6H2,1H3,(H,14,16). The molecule has 1 aliphatic rings. The van der Waals surface area contributed by atoms with Crippen molar-refractivity contribution in [3.05, 3.63) is 29.5 Å². The van der Waals surface area contributed by atoms with Gasteiger partial charge in [-0.15, -0.1) is 0 Å². The van der Waals surface area contributed by atoms with Crippen molar-refractivity contribution in [2.45, 2.75) is 13.3 Å². The molecule has 0 saturated heterocycles. The Kier molecular flexibility index (Phi) is 2.28. The number of benzene rings is 1. The molecule has 1 aliphatic heterocycles. The summed E-state index contributed by atoms with van der Waals surface area (Å²) in [5, 5.41) is 3.94. The van der Waals surface area contributed by atoms with E-state index in [-0.39, 0.29) is 5.91 Å². The number of aromatic amines is 1. The number of nitrogens with one attached hydrogen (secondary N) is 2. The lowest BCUT2D eigenvalue weighted by molar-refractivity contribution is 0.0942. The molecule has 0 atom stereocenters. The van der Waals surface area contributed by atoms with Gasteiger partial charge in [0.15, 0.2) is 0 Å². The van der Waals surface area contributed by atoms with Crippen molar-refractivity contribution in [1.82, 2.24) is 10.3 Å².